The Morgan fingerprint density at radius 1 is 0.302 bits per heavy atom. The molecule has 10 aromatic carbocycles. The van der Waals surface area contributed by atoms with Crippen LogP contribution in [-0.2, 0) is 0 Å². The summed E-state index contributed by atoms with van der Waals surface area (Å²) >= 11 is 0. The van der Waals surface area contributed by atoms with E-state index >= 15 is 0 Å². The summed E-state index contributed by atoms with van der Waals surface area (Å²) in [7, 11) is 0. The van der Waals surface area contributed by atoms with Gasteiger partial charge in [0.15, 0.2) is 5.82 Å². The normalized spacial score (nSPS) is 12.1. The fourth-order valence-corrected chi connectivity index (χ4v) is 10.5. The molecule has 292 valence electrons. The van der Waals surface area contributed by atoms with Gasteiger partial charge in [0.25, 0.3) is 0 Å². The van der Waals surface area contributed by atoms with E-state index in [2.05, 4.69) is 214 Å². The molecule has 0 amide bonds. The standard InChI is InChI=1S/C58H35N5/c1-3-16-38-34-40(29-28-36(38)14-1)57-58(60-46-22-9-8-21-45(46)59-57)63-49-25-12-5-18-42(49)54-50(26-13-27-51(54)63)62-48-24-11-7-20-44(48)56-53(62)33-32-52-55(56)43-19-6-10-23-47(43)61(52)41-31-30-37-15-2-4-17-39(37)35-41/h1-35H. The molecule has 14 rings (SSSR count). The quantitative estimate of drug-likeness (QED) is 0.178. The lowest BCUT2D eigenvalue weighted by Crippen LogP contribution is -2.04. The molecule has 0 saturated carbocycles. The van der Waals surface area contributed by atoms with E-state index in [9.17, 15) is 0 Å². The van der Waals surface area contributed by atoms with Crippen molar-refractivity contribution >= 4 is 98.0 Å². The molecule has 4 heterocycles. The Kier molecular flexibility index (Phi) is 7.05. The molecule has 0 aliphatic carbocycles. The molecule has 0 aliphatic heterocycles. The van der Waals surface area contributed by atoms with Gasteiger partial charge in [0.05, 0.1) is 49.8 Å². The van der Waals surface area contributed by atoms with Gasteiger partial charge in [-0.2, -0.15) is 0 Å². The largest absolute Gasteiger partial charge is 0.309 e. The highest BCUT2D eigenvalue weighted by Gasteiger charge is 2.25. The fourth-order valence-electron chi connectivity index (χ4n) is 10.5. The molecule has 0 saturated heterocycles. The first-order valence-electron chi connectivity index (χ1n) is 21.5. The van der Waals surface area contributed by atoms with E-state index in [0.29, 0.717) is 0 Å². The molecule has 0 atom stereocenters. The third-order valence-corrected chi connectivity index (χ3v) is 13.2. The lowest BCUT2D eigenvalue weighted by molar-refractivity contribution is 1.08. The lowest BCUT2D eigenvalue weighted by Gasteiger charge is -2.15. The second-order valence-corrected chi connectivity index (χ2v) is 16.6. The monoisotopic (exact) mass is 801 g/mol. The summed E-state index contributed by atoms with van der Waals surface area (Å²) in [5.74, 6) is 0.803. The Morgan fingerprint density at radius 2 is 0.794 bits per heavy atom. The van der Waals surface area contributed by atoms with Crippen LogP contribution in [0, 0.1) is 0 Å². The Hall–Kier alpha value is -8.54. The molecule has 0 spiro atoms. The third kappa shape index (κ3) is 4.87. The zero-order chi connectivity index (χ0) is 41.2. The van der Waals surface area contributed by atoms with Gasteiger partial charge in [-0.1, -0.05) is 140 Å². The van der Waals surface area contributed by atoms with E-state index in [1.54, 1.807) is 0 Å². The summed E-state index contributed by atoms with van der Waals surface area (Å²) in [6, 6.07) is 76.6. The number of rotatable bonds is 4. The van der Waals surface area contributed by atoms with Crippen molar-refractivity contribution < 1.29 is 0 Å². The summed E-state index contributed by atoms with van der Waals surface area (Å²) in [5, 5.41) is 12.1. The van der Waals surface area contributed by atoms with Crippen LogP contribution in [0.4, 0.5) is 0 Å². The zero-order valence-corrected chi connectivity index (χ0v) is 33.9. The van der Waals surface area contributed by atoms with Crippen molar-refractivity contribution in [3.8, 4) is 28.5 Å². The minimum atomic E-state index is 0.803. The van der Waals surface area contributed by atoms with Gasteiger partial charge in [0, 0.05) is 43.6 Å². The molecule has 4 aromatic heterocycles. The van der Waals surface area contributed by atoms with Crippen molar-refractivity contribution in [2.24, 2.45) is 0 Å². The van der Waals surface area contributed by atoms with Crippen LogP contribution in [-0.4, -0.2) is 23.7 Å². The van der Waals surface area contributed by atoms with E-state index in [0.717, 1.165) is 72.3 Å². The second kappa shape index (κ2) is 13.0. The highest BCUT2D eigenvalue weighted by atomic mass is 15.1. The first-order chi connectivity index (χ1) is 31.3. The molecule has 14 aromatic rings. The maximum absolute atomic E-state index is 5.47. The average molecular weight is 802 g/mol. The molecule has 63 heavy (non-hydrogen) atoms. The fraction of sp³-hybridized carbons (Fsp3) is 0. The molecule has 5 nitrogen and oxygen atoms in total. The van der Waals surface area contributed by atoms with Crippen molar-refractivity contribution in [1.82, 2.24) is 23.7 Å². The molecule has 0 unspecified atom stereocenters. The highest BCUT2D eigenvalue weighted by Crippen LogP contribution is 2.45. The van der Waals surface area contributed by atoms with Gasteiger partial charge in [-0.15, -0.1) is 0 Å². The summed E-state index contributed by atoms with van der Waals surface area (Å²) in [6.07, 6.45) is 0. The lowest BCUT2D eigenvalue weighted by atomic mass is 10.0. The number of aromatic nitrogens is 5. The van der Waals surface area contributed by atoms with E-state index in [1.165, 1.54) is 54.1 Å². The Bertz CT molecular complexity index is 4220. The summed E-state index contributed by atoms with van der Waals surface area (Å²) < 4.78 is 7.26. The average Bonchev–Trinajstić information content (AvgIpc) is 3.99. The molecule has 0 N–H and O–H groups in total. The van der Waals surface area contributed by atoms with Crippen molar-refractivity contribution in [2.45, 2.75) is 0 Å². The number of para-hydroxylation sites is 5. The van der Waals surface area contributed by atoms with Crippen LogP contribution in [0.2, 0.25) is 0 Å². The number of benzene rings is 10. The van der Waals surface area contributed by atoms with Crippen molar-refractivity contribution in [1.29, 1.82) is 0 Å². The van der Waals surface area contributed by atoms with Crippen molar-refractivity contribution in [2.75, 3.05) is 0 Å². The van der Waals surface area contributed by atoms with E-state index in [4.69, 9.17) is 9.97 Å². The molecule has 0 aliphatic rings. The Morgan fingerprint density at radius 3 is 1.49 bits per heavy atom. The number of fused-ring (bicyclic) bond motifs is 13. The predicted octanol–water partition coefficient (Wildman–Crippen LogP) is 14.9. The van der Waals surface area contributed by atoms with E-state index < -0.39 is 0 Å². The van der Waals surface area contributed by atoms with Gasteiger partial charge in [-0.05, 0) is 94.3 Å². The Balaban J connectivity index is 1.07. The van der Waals surface area contributed by atoms with Crippen LogP contribution in [0.1, 0.15) is 0 Å². The first-order valence-corrected chi connectivity index (χ1v) is 21.5. The first kappa shape index (κ1) is 34.2. The van der Waals surface area contributed by atoms with Gasteiger partial charge < -0.3 is 9.13 Å². The smallest absolute Gasteiger partial charge is 0.165 e. The van der Waals surface area contributed by atoms with E-state index in [1.807, 2.05) is 12.1 Å². The van der Waals surface area contributed by atoms with Crippen LogP contribution in [0.5, 0.6) is 0 Å². The maximum Gasteiger partial charge on any atom is 0.165 e. The van der Waals surface area contributed by atoms with Gasteiger partial charge in [0.1, 0.15) is 5.69 Å². The second-order valence-electron chi connectivity index (χ2n) is 16.6. The van der Waals surface area contributed by atoms with Crippen LogP contribution < -0.4 is 0 Å². The topological polar surface area (TPSA) is 40.6 Å². The summed E-state index contributed by atoms with van der Waals surface area (Å²) in [6.45, 7) is 0. The molecular weight excluding hydrogens is 767 g/mol. The predicted molar refractivity (Wildman–Crippen MR) is 263 cm³/mol. The van der Waals surface area contributed by atoms with Gasteiger partial charge in [-0.3, -0.25) is 4.57 Å². The minimum absolute atomic E-state index is 0.803. The zero-order valence-electron chi connectivity index (χ0n) is 33.9. The van der Waals surface area contributed by atoms with Gasteiger partial charge in [-0.25, -0.2) is 9.97 Å². The number of hydrogen-bond acceptors (Lipinski definition) is 2. The maximum atomic E-state index is 5.47. The van der Waals surface area contributed by atoms with Crippen LogP contribution >= 0.6 is 0 Å². The molecule has 5 heteroatoms. The Labute approximate surface area is 360 Å². The van der Waals surface area contributed by atoms with Gasteiger partial charge in [0.2, 0.25) is 0 Å². The van der Waals surface area contributed by atoms with Crippen LogP contribution in [0.25, 0.3) is 126 Å². The number of nitrogens with zero attached hydrogens (tertiary/aromatic N) is 5. The van der Waals surface area contributed by atoms with Crippen molar-refractivity contribution in [3.63, 3.8) is 0 Å². The summed E-state index contributed by atoms with van der Waals surface area (Å²) in [4.78, 5) is 10.8. The summed E-state index contributed by atoms with van der Waals surface area (Å²) in [5.41, 5.74) is 12.7. The minimum Gasteiger partial charge on any atom is -0.309 e. The SMILES string of the molecule is c1ccc2cc(-c3nc4ccccc4nc3-n3c4ccccc4c4c(-n5c6ccccc6c6c7c8ccccc8n(-c8ccc9ccccc9c8)c7ccc65)cccc43)ccc2c1. The van der Waals surface area contributed by atoms with Gasteiger partial charge >= 0.3 is 0 Å². The molecule has 0 bridgehead atoms. The number of hydrogen-bond donors (Lipinski definition) is 0. The van der Waals surface area contributed by atoms with Crippen LogP contribution in [0.3, 0.4) is 0 Å². The molecule has 0 fully saturated rings. The molecular formula is C58H35N5. The molecule has 0 radical (unpaired) electrons. The third-order valence-electron chi connectivity index (χ3n) is 13.2. The highest BCUT2D eigenvalue weighted by molar-refractivity contribution is 6.29. The van der Waals surface area contributed by atoms with E-state index in [-0.39, 0.29) is 0 Å². The van der Waals surface area contributed by atoms with Crippen LogP contribution in [0.15, 0.2) is 212 Å². The van der Waals surface area contributed by atoms with Crippen molar-refractivity contribution in [3.05, 3.63) is 212 Å².